The molecule has 0 radical (unpaired) electrons. The van der Waals surface area contributed by atoms with E-state index in [4.69, 9.17) is 5.73 Å². The molecule has 0 unspecified atom stereocenters. The number of primary amides is 1. The normalized spacial score (nSPS) is 10.5. The van der Waals surface area contributed by atoms with E-state index < -0.39 is 11.8 Å². The fraction of sp³-hybridized carbons (Fsp3) is 0. The van der Waals surface area contributed by atoms with Gasteiger partial charge in [0.2, 0.25) is 5.91 Å². The topological polar surface area (TPSA) is 104 Å². The Morgan fingerprint density at radius 2 is 1.23 bits per heavy atom. The molecule has 0 atom stereocenters. The van der Waals surface area contributed by atoms with Crippen molar-refractivity contribution in [3.8, 4) is 11.5 Å². The van der Waals surface area contributed by atoms with E-state index in [1.807, 2.05) is 0 Å². The molecule has 0 aliphatic heterocycles. The van der Waals surface area contributed by atoms with Gasteiger partial charge < -0.3 is 15.9 Å². The summed E-state index contributed by atoms with van der Waals surface area (Å²) in [5, 5.41) is 18.7. The molecule has 6 heteroatoms. The summed E-state index contributed by atoms with van der Waals surface area (Å²) in [4.78, 5) is 24.4. The Labute approximate surface area is 126 Å². The first kappa shape index (κ1) is 15.1. The number of amides is 2. The summed E-state index contributed by atoms with van der Waals surface area (Å²) in [6.45, 7) is 0. The number of phenols is 2. The van der Waals surface area contributed by atoms with Crippen molar-refractivity contribution in [2.75, 3.05) is 4.90 Å². The zero-order valence-electron chi connectivity index (χ0n) is 11.5. The third-order valence-electron chi connectivity index (χ3n) is 2.83. The lowest BCUT2D eigenvalue weighted by atomic mass is 10.2. The Balaban J connectivity index is 2.44. The number of nitrogens with zero attached hydrogens (tertiary/aromatic N) is 1. The molecule has 0 aromatic heterocycles. The van der Waals surface area contributed by atoms with E-state index in [0.717, 1.165) is 12.2 Å². The first-order valence-corrected chi connectivity index (χ1v) is 6.37. The Bertz CT molecular complexity index is 660. The van der Waals surface area contributed by atoms with E-state index in [9.17, 15) is 19.8 Å². The number of aromatic hydroxyl groups is 2. The van der Waals surface area contributed by atoms with Crippen LogP contribution in [0.2, 0.25) is 0 Å². The van der Waals surface area contributed by atoms with Crippen LogP contribution in [0, 0.1) is 0 Å². The molecule has 0 fully saturated rings. The molecule has 4 N–H and O–H groups in total. The Kier molecular flexibility index (Phi) is 4.43. The molecule has 22 heavy (non-hydrogen) atoms. The van der Waals surface area contributed by atoms with Crippen molar-refractivity contribution in [3.05, 3.63) is 60.7 Å². The van der Waals surface area contributed by atoms with Crippen molar-refractivity contribution in [2.24, 2.45) is 5.73 Å². The molecule has 6 nitrogen and oxygen atoms in total. The summed E-state index contributed by atoms with van der Waals surface area (Å²) in [5.74, 6) is -1.09. The Morgan fingerprint density at radius 3 is 1.59 bits per heavy atom. The van der Waals surface area contributed by atoms with E-state index in [-0.39, 0.29) is 11.5 Å². The number of carbonyl (C=O) groups excluding carboxylic acids is 2. The molecule has 112 valence electrons. The molecule has 0 aliphatic rings. The number of carbonyl (C=O) groups is 2. The monoisotopic (exact) mass is 298 g/mol. The molecule has 2 rings (SSSR count). The highest BCUT2D eigenvalue weighted by molar-refractivity contribution is 6.09. The van der Waals surface area contributed by atoms with Crippen LogP contribution in [0.4, 0.5) is 11.4 Å². The molecule has 0 heterocycles. The molecule has 2 aromatic carbocycles. The largest absolute Gasteiger partial charge is 0.508 e. The molecule has 0 aliphatic carbocycles. The van der Waals surface area contributed by atoms with Crippen LogP contribution < -0.4 is 10.6 Å². The van der Waals surface area contributed by atoms with Crippen LogP contribution >= 0.6 is 0 Å². The maximum absolute atomic E-state index is 12.3. The number of benzene rings is 2. The fourth-order valence-electron chi connectivity index (χ4n) is 1.83. The lowest BCUT2D eigenvalue weighted by Gasteiger charge is -2.21. The maximum Gasteiger partial charge on any atom is 0.255 e. The summed E-state index contributed by atoms with van der Waals surface area (Å²) < 4.78 is 0. The van der Waals surface area contributed by atoms with Crippen molar-refractivity contribution in [1.29, 1.82) is 0 Å². The van der Waals surface area contributed by atoms with Crippen molar-refractivity contribution >= 4 is 23.2 Å². The number of hydrogen-bond donors (Lipinski definition) is 3. The van der Waals surface area contributed by atoms with Gasteiger partial charge in [0.1, 0.15) is 11.5 Å². The zero-order chi connectivity index (χ0) is 16.1. The summed E-state index contributed by atoms with van der Waals surface area (Å²) in [5.41, 5.74) is 5.97. The number of hydrogen-bond acceptors (Lipinski definition) is 4. The van der Waals surface area contributed by atoms with Gasteiger partial charge in [-0.3, -0.25) is 14.5 Å². The SMILES string of the molecule is NC(=O)/C=C\C(=O)N(c1ccc(O)cc1)c1ccc(O)cc1. The molecule has 0 spiro atoms. The highest BCUT2D eigenvalue weighted by Crippen LogP contribution is 2.28. The maximum atomic E-state index is 12.3. The van der Waals surface area contributed by atoms with E-state index >= 15 is 0 Å². The number of anilines is 2. The van der Waals surface area contributed by atoms with Gasteiger partial charge in [-0.2, -0.15) is 0 Å². The summed E-state index contributed by atoms with van der Waals surface area (Å²) in [6.07, 6.45) is 2.03. The van der Waals surface area contributed by atoms with Gasteiger partial charge in [0, 0.05) is 23.5 Å². The van der Waals surface area contributed by atoms with Gasteiger partial charge in [0.05, 0.1) is 0 Å². The van der Waals surface area contributed by atoms with Gasteiger partial charge in [-0.25, -0.2) is 0 Å². The van der Waals surface area contributed by atoms with Crippen LogP contribution in [0.5, 0.6) is 11.5 Å². The summed E-state index contributed by atoms with van der Waals surface area (Å²) in [6, 6.07) is 12.0. The molecule has 0 bridgehead atoms. The van der Waals surface area contributed by atoms with Gasteiger partial charge in [0.25, 0.3) is 5.91 Å². The van der Waals surface area contributed by atoms with Crippen LogP contribution in [0.15, 0.2) is 60.7 Å². The lowest BCUT2D eigenvalue weighted by molar-refractivity contribution is -0.115. The Morgan fingerprint density at radius 1 is 0.818 bits per heavy atom. The second-order valence-corrected chi connectivity index (χ2v) is 4.44. The van der Waals surface area contributed by atoms with Gasteiger partial charge in [-0.1, -0.05) is 0 Å². The average molecular weight is 298 g/mol. The molecule has 2 amide bonds. The highest BCUT2D eigenvalue weighted by Gasteiger charge is 2.16. The van der Waals surface area contributed by atoms with Crippen LogP contribution in [-0.4, -0.2) is 22.0 Å². The van der Waals surface area contributed by atoms with Crippen LogP contribution in [0.3, 0.4) is 0 Å². The molecule has 0 saturated carbocycles. The predicted molar refractivity (Wildman–Crippen MR) is 81.7 cm³/mol. The van der Waals surface area contributed by atoms with E-state index in [2.05, 4.69) is 0 Å². The lowest BCUT2D eigenvalue weighted by Crippen LogP contribution is -2.24. The van der Waals surface area contributed by atoms with Crippen molar-refractivity contribution in [2.45, 2.75) is 0 Å². The van der Waals surface area contributed by atoms with Crippen molar-refractivity contribution in [1.82, 2.24) is 0 Å². The number of rotatable bonds is 4. The minimum absolute atomic E-state index is 0.0644. The second kappa shape index (κ2) is 6.45. The highest BCUT2D eigenvalue weighted by atomic mass is 16.3. The standard InChI is InChI=1S/C16H14N2O4/c17-15(21)9-10-16(22)18(11-1-5-13(19)6-2-11)12-3-7-14(20)8-4-12/h1-10,19-20H,(H2,17,21)/b10-9-. The molecular weight excluding hydrogens is 284 g/mol. The van der Waals surface area contributed by atoms with E-state index in [1.165, 1.54) is 29.2 Å². The van der Waals surface area contributed by atoms with Crippen LogP contribution in [0.1, 0.15) is 0 Å². The minimum Gasteiger partial charge on any atom is -0.508 e. The number of phenolic OH excluding ortho intramolecular Hbond substituents is 2. The van der Waals surface area contributed by atoms with Gasteiger partial charge in [0.15, 0.2) is 0 Å². The van der Waals surface area contributed by atoms with Crippen molar-refractivity contribution in [3.63, 3.8) is 0 Å². The quantitative estimate of drug-likeness (QED) is 0.749. The van der Waals surface area contributed by atoms with Gasteiger partial charge >= 0.3 is 0 Å². The smallest absolute Gasteiger partial charge is 0.255 e. The Hall–Kier alpha value is -3.28. The minimum atomic E-state index is -0.732. The van der Waals surface area contributed by atoms with Crippen LogP contribution in [-0.2, 0) is 9.59 Å². The first-order chi connectivity index (χ1) is 10.5. The predicted octanol–water partition coefficient (Wildman–Crippen LogP) is 1.80. The molecule has 2 aromatic rings. The summed E-state index contributed by atoms with van der Waals surface area (Å²) >= 11 is 0. The van der Waals surface area contributed by atoms with Gasteiger partial charge in [-0.15, -0.1) is 0 Å². The second-order valence-electron chi connectivity index (χ2n) is 4.44. The zero-order valence-corrected chi connectivity index (χ0v) is 11.5. The first-order valence-electron chi connectivity index (χ1n) is 6.37. The van der Waals surface area contributed by atoms with E-state index in [0.29, 0.717) is 11.4 Å². The average Bonchev–Trinajstić information content (AvgIpc) is 2.49. The fourth-order valence-corrected chi connectivity index (χ4v) is 1.83. The number of nitrogens with two attached hydrogens (primary N) is 1. The van der Waals surface area contributed by atoms with Crippen molar-refractivity contribution < 1.29 is 19.8 Å². The third kappa shape index (κ3) is 3.63. The van der Waals surface area contributed by atoms with Gasteiger partial charge in [-0.05, 0) is 48.5 Å². The molecule has 0 saturated heterocycles. The molecular formula is C16H14N2O4. The summed E-state index contributed by atoms with van der Waals surface area (Å²) in [7, 11) is 0. The third-order valence-corrected chi connectivity index (χ3v) is 2.83. The van der Waals surface area contributed by atoms with Crippen LogP contribution in [0.25, 0.3) is 0 Å². The van der Waals surface area contributed by atoms with E-state index in [1.54, 1.807) is 24.3 Å².